The number of benzene rings is 1. The van der Waals surface area contributed by atoms with E-state index in [-0.39, 0.29) is 12.1 Å². The lowest BCUT2D eigenvalue weighted by atomic mass is 10.0. The van der Waals surface area contributed by atoms with E-state index in [1.165, 1.54) is 5.56 Å². The van der Waals surface area contributed by atoms with Gasteiger partial charge in [-0.3, -0.25) is 4.99 Å². The van der Waals surface area contributed by atoms with Crippen LogP contribution in [0.1, 0.15) is 34.1 Å². The molecule has 16 heavy (non-hydrogen) atoms. The van der Waals surface area contributed by atoms with Crippen LogP contribution < -0.4 is 4.90 Å². The maximum Gasteiger partial charge on any atom is 0.0900 e. The summed E-state index contributed by atoms with van der Waals surface area (Å²) in [5.41, 5.74) is 2.36. The normalized spacial score (nSPS) is 22.1. The third-order valence-electron chi connectivity index (χ3n) is 2.58. The molecular formula is C14H20N2. The van der Waals surface area contributed by atoms with Gasteiger partial charge in [0.2, 0.25) is 0 Å². The van der Waals surface area contributed by atoms with Crippen LogP contribution in [0, 0.1) is 0 Å². The van der Waals surface area contributed by atoms with E-state index < -0.39 is 0 Å². The zero-order valence-corrected chi connectivity index (χ0v) is 10.3. The lowest BCUT2D eigenvalue weighted by Gasteiger charge is -2.28. The molecule has 1 aliphatic rings. The van der Waals surface area contributed by atoms with Crippen molar-refractivity contribution in [2.24, 2.45) is 4.99 Å². The standard InChI is InChI=1S/C14H20N2/c1-14(2,3)15-11-16-10-6-8-12-7-4-5-9-13(12)16/h4-5,7,9,11H,6,8,10H2,1-3H3/i10D. The molecule has 86 valence electrons. The molecule has 2 nitrogen and oxygen atoms in total. The van der Waals surface area contributed by atoms with Crippen LogP contribution in [0.2, 0.25) is 0 Å². The fourth-order valence-electron chi connectivity index (χ4n) is 1.78. The Labute approximate surface area is 99.4 Å². The van der Waals surface area contributed by atoms with Crippen LogP contribution in [0.5, 0.6) is 0 Å². The van der Waals surface area contributed by atoms with E-state index in [0.29, 0.717) is 0 Å². The van der Waals surface area contributed by atoms with Crippen LogP contribution in [-0.2, 0) is 6.42 Å². The molecule has 2 rings (SSSR count). The zero-order valence-electron chi connectivity index (χ0n) is 11.3. The summed E-state index contributed by atoms with van der Waals surface area (Å²) >= 11 is 0. The highest BCUT2D eigenvalue weighted by Crippen LogP contribution is 2.25. The zero-order chi connectivity index (χ0) is 12.5. The molecule has 0 N–H and O–H groups in total. The van der Waals surface area contributed by atoms with E-state index in [4.69, 9.17) is 1.37 Å². The minimum absolute atomic E-state index is 0.0912. The molecule has 0 radical (unpaired) electrons. The van der Waals surface area contributed by atoms with Gasteiger partial charge in [-0.2, -0.15) is 0 Å². The summed E-state index contributed by atoms with van der Waals surface area (Å²) < 4.78 is 8.10. The predicted molar refractivity (Wildman–Crippen MR) is 70.4 cm³/mol. The minimum Gasteiger partial charge on any atom is -0.332 e. The molecule has 1 aromatic rings. The van der Waals surface area contributed by atoms with Gasteiger partial charge in [-0.15, -0.1) is 0 Å². The second-order valence-corrected chi connectivity index (χ2v) is 5.17. The molecule has 1 unspecified atom stereocenters. The van der Waals surface area contributed by atoms with E-state index >= 15 is 0 Å². The highest BCUT2D eigenvalue weighted by molar-refractivity contribution is 5.81. The molecule has 1 aliphatic heterocycles. The van der Waals surface area contributed by atoms with E-state index in [1.54, 1.807) is 0 Å². The van der Waals surface area contributed by atoms with Crippen molar-refractivity contribution < 1.29 is 1.37 Å². The maximum atomic E-state index is 8.10. The SMILES string of the molecule is [2H]C1CCc2ccccc2N1C=NC(C)(C)C. The molecule has 0 saturated carbocycles. The van der Waals surface area contributed by atoms with Gasteiger partial charge in [0.05, 0.1) is 11.9 Å². The summed E-state index contributed by atoms with van der Waals surface area (Å²) in [5, 5.41) is 0. The molecule has 1 atom stereocenters. The van der Waals surface area contributed by atoms with Gasteiger partial charge in [0.25, 0.3) is 0 Å². The molecule has 2 heteroatoms. The van der Waals surface area contributed by atoms with Gasteiger partial charge >= 0.3 is 0 Å². The number of anilines is 1. The van der Waals surface area contributed by atoms with Crippen molar-refractivity contribution in [3.05, 3.63) is 29.8 Å². The van der Waals surface area contributed by atoms with Gasteiger partial charge in [0.15, 0.2) is 0 Å². The van der Waals surface area contributed by atoms with Crippen LogP contribution in [0.15, 0.2) is 29.3 Å². The first-order valence-corrected chi connectivity index (χ1v) is 5.81. The molecular weight excluding hydrogens is 196 g/mol. The first kappa shape index (κ1) is 9.88. The smallest absolute Gasteiger partial charge is 0.0900 e. The number of nitrogens with zero attached hydrogens (tertiary/aromatic N) is 2. The van der Waals surface area contributed by atoms with Crippen LogP contribution in [-0.4, -0.2) is 18.4 Å². The largest absolute Gasteiger partial charge is 0.332 e. The first-order chi connectivity index (χ1) is 7.97. The van der Waals surface area contributed by atoms with Crippen molar-refractivity contribution in [2.75, 3.05) is 11.4 Å². The molecule has 0 bridgehead atoms. The highest BCUT2D eigenvalue weighted by Gasteiger charge is 2.15. The minimum atomic E-state index is -0.212. The number of rotatable bonds is 1. The van der Waals surface area contributed by atoms with Crippen molar-refractivity contribution in [1.82, 2.24) is 0 Å². The monoisotopic (exact) mass is 217 g/mol. The number of hydrogen-bond donors (Lipinski definition) is 0. The number of fused-ring (bicyclic) bond motifs is 1. The third kappa shape index (κ3) is 2.63. The summed E-state index contributed by atoms with van der Waals surface area (Å²) in [5.74, 6) is 0. The molecule has 0 saturated heterocycles. The Bertz CT molecular complexity index is 420. The molecule has 0 fully saturated rings. The van der Waals surface area contributed by atoms with Gasteiger partial charge < -0.3 is 4.90 Å². The summed E-state index contributed by atoms with van der Waals surface area (Å²) in [6, 6.07) is 8.29. The molecule has 0 spiro atoms. The van der Waals surface area contributed by atoms with Crippen molar-refractivity contribution in [3.8, 4) is 0 Å². The van der Waals surface area contributed by atoms with Crippen molar-refractivity contribution >= 4 is 12.0 Å². The molecule has 0 aromatic heterocycles. The first-order valence-electron chi connectivity index (χ1n) is 6.39. The van der Waals surface area contributed by atoms with Gasteiger partial charge in [-0.05, 0) is 45.2 Å². The average Bonchev–Trinajstić information content (AvgIpc) is 2.26. The second-order valence-electron chi connectivity index (χ2n) is 5.17. The van der Waals surface area contributed by atoms with Crippen molar-refractivity contribution in [3.63, 3.8) is 0 Å². The topological polar surface area (TPSA) is 15.6 Å². The number of aliphatic imine (C=N–C) groups is 1. The summed E-state index contributed by atoms with van der Waals surface area (Å²) in [6.07, 6.45) is 3.69. The third-order valence-corrected chi connectivity index (χ3v) is 2.58. The van der Waals surface area contributed by atoms with Crippen LogP contribution in [0.3, 0.4) is 0 Å². The van der Waals surface area contributed by atoms with Gasteiger partial charge in [0, 0.05) is 13.6 Å². The quantitative estimate of drug-likeness (QED) is 0.521. The average molecular weight is 217 g/mol. The Morgan fingerprint density at radius 2 is 2.12 bits per heavy atom. The Kier molecular flexibility index (Phi) is 2.65. The summed E-state index contributed by atoms with van der Waals surface area (Å²) in [6.45, 7) is 5.99. The number of para-hydroxylation sites is 1. The van der Waals surface area contributed by atoms with Crippen molar-refractivity contribution in [2.45, 2.75) is 39.2 Å². The molecule has 0 amide bonds. The van der Waals surface area contributed by atoms with Crippen LogP contribution in [0.25, 0.3) is 0 Å². The Hall–Kier alpha value is -1.31. The summed E-state index contributed by atoms with van der Waals surface area (Å²) in [4.78, 5) is 6.49. The molecule has 1 heterocycles. The van der Waals surface area contributed by atoms with Gasteiger partial charge in [-0.25, -0.2) is 0 Å². The van der Waals surface area contributed by atoms with E-state index in [0.717, 1.165) is 18.5 Å². The Morgan fingerprint density at radius 1 is 1.38 bits per heavy atom. The van der Waals surface area contributed by atoms with Gasteiger partial charge in [0.1, 0.15) is 0 Å². The van der Waals surface area contributed by atoms with E-state index in [9.17, 15) is 0 Å². The summed E-state index contributed by atoms with van der Waals surface area (Å²) in [7, 11) is 0. The second kappa shape index (κ2) is 4.28. The predicted octanol–water partition coefficient (Wildman–Crippen LogP) is 3.27. The van der Waals surface area contributed by atoms with E-state index in [2.05, 4.69) is 44.0 Å². The number of aryl methyl sites for hydroxylation is 1. The Balaban J connectivity index is 2.30. The van der Waals surface area contributed by atoms with Gasteiger partial charge in [-0.1, -0.05) is 18.2 Å². The van der Waals surface area contributed by atoms with Crippen molar-refractivity contribution in [1.29, 1.82) is 0 Å². The molecule has 0 aliphatic carbocycles. The highest BCUT2D eigenvalue weighted by atomic mass is 15.2. The lowest BCUT2D eigenvalue weighted by Crippen LogP contribution is -2.29. The lowest BCUT2D eigenvalue weighted by molar-refractivity contribution is 0.584. The fraction of sp³-hybridized carbons (Fsp3) is 0.500. The molecule has 1 aromatic carbocycles. The Morgan fingerprint density at radius 3 is 2.88 bits per heavy atom. The maximum absolute atomic E-state index is 8.10. The fourth-order valence-corrected chi connectivity index (χ4v) is 1.78. The number of hydrogen-bond acceptors (Lipinski definition) is 1. The van der Waals surface area contributed by atoms with Crippen LogP contribution >= 0.6 is 0 Å². The van der Waals surface area contributed by atoms with Crippen LogP contribution in [0.4, 0.5) is 5.69 Å². The van der Waals surface area contributed by atoms with E-state index in [1.807, 2.05) is 17.3 Å².